The Morgan fingerprint density at radius 3 is 2.81 bits per heavy atom. The molecule has 1 saturated heterocycles. The fourth-order valence-corrected chi connectivity index (χ4v) is 2.81. The van der Waals surface area contributed by atoms with Gasteiger partial charge in [-0.15, -0.1) is 0 Å². The van der Waals surface area contributed by atoms with Crippen LogP contribution in [0.25, 0.3) is 0 Å². The molecule has 2 heteroatoms. The van der Waals surface area contributed by atoms with E-state index in [1.54, 1.807) is 0 Å². The molecule has 2 aliphatic rings. The van der Waals surface area contributed by atoms with Crippen molar-refractivity contribution in [1.29, 1.82) is 0 Å². The Morgan fingerprint density at radius 1 is 1.25 bits per heavy atom. The van der Waals surface area contributed by atoms with Gasteiger partial charge in [-0.2, -0.15) is 0 Å². The van der Waals surface area contributed by atoms with E-state index >= 15 is 0 Å². The van der Waals surface area contributed by atoms with Crippen LogP contribution in [0.4, 0.5) is 0 Å². The second-order valence-electron chi connectivity index (χ2n) is 5.81. The summed E-state index contributed by atoms with van der Waals surface area (Å²) in [5.74, 6) is 1.96. The molecule has 94 valence electrons. The molecule has 0 aromatic rings. The Hall–Kier alpha value is -0.0800. The highest BCUT2D eigenvalue weighted by Gasteiger charge is 2.27. The molecule has 1 saturated carbocycles. The highest BCUT2D eigenvalue weighted by molar-refractivity contribution is 4.80. The van der Waals surface area contributed by atoms with Crippen LogP contribution in [0.3, 0.4) is 0 Å². The third-order valence-corrected chi connectivity index (χ3v) is 4.21. The van der Waals surface area contributed by atoms with Crippen molar-refractivity contribution in [2.75, 3.05) is 19.6 Å². The topological polar surface area (TPSA) is 24.1 Å². The molecule has 2 atom stereocenters. The predicted molar refractivity (Wildman–Crippen MR) is 69.6 cm³/mol. The maximum Gasteiger partial charge on any atom is 0.00675 e. The Morgan fingerprint density at radius 2 is 2.12 bits per heavy atom. The summed E-state index contributed by atoms with van der Waals surface area (Å²) >= 11 is 0. The molecule has 0 aromatic carbocycles. The first kappa shape index (κ1) is 12.4. The molecule has 0 bridgehead atoms. The van der Waals surface area contributed by atoms with Crippen molar-refractivity contribution in [3.63, 3.8) is 0 Å². The minimum Gasteiger partial charge on any atom is -0.316 e. The molecule has 2 fully saturated rings. The maximum atomic E-state index is 3.62. The molecule has 0 radical (unpaired) electrons. The van der Waals surface area contributed by atoms with Gasteiger partial charge in [0, 0.05) is 6.04 Å². The summed E-state index contributed by atoms with van der Waals surface area (Å²) < 4.78 is 0. The van der Waals surface area contributed by atoms with Gasteiger partial charge in [-0.05, 0) is 70.0 Å². The lowest BCUT2D eigenvalue weighted by molar-refractivity contribution is 0.369. The first-order valence-corrected chi connectivity index (χ1v) is 7.30. The largest absolute Gasteiger partial charge is 0.316 e. The normalized spacial score (nSPS) is 27.9. The standard InChI is InChI=1S/C14H28N2/c1-12(13-7-8-13)11-15-9-4-6-14-5-2-3-10-16-14/h12-16H,2-11H2,1H3. The van der Waals surface area contributed by atoms with Crippen molar-refractivity contribution in [3.8, 4) is 0 Å². The highest BCUT2D eigenvalue weighted by Crippen LogP contribution is 2.35. The third kappa shape index (κ3) is 4.42. The average molecular weight is 224 g/mol. The number of piperidine rings is 1. The van der Waals surface area contributed by atoms with Crippen molar-refractivity contribution in [1.82, 2.24) is 10.6 Å². The van der Waals surface area contributed by atoms with E-state index in [0.29, 0.717) is 0 Å². The average Bonchev–Trinajstić information content (AvgIpc) is 3.13. The smallest absolute Gasteiger partial charge is 0.00675 e. The first-order chi connectivity index (χ1) is 7.86. The van der Waals surface area contributed by atoms with Crippen LogP contribution in [0.2, 0.25) is 0 Å². The first-order valence-electron chi connectivity index (χ1n) is 7.30. The lowest BCUT2D eigenvalue weighted by atomic mass is 10.0. The van der Waals surface area contributed by atoms with Crippen LogP contribution in [-0.2, 0) is 0 Å². The summed E-state index contributed by atoms with van der Waals surface area (Å²) in [5.41, 5.74) is 0. The van der Waals surface area contributed by atoms with E-state index in [1.165, 1.54) is 64.6 Å². The number of hydrogen-bond acceptors (Lipinski definition) is 2. The van der Waals surface area contributed by atoms with Crippen molar-refractivity contribution in [2.45, 2.75) is 57.9 Å². The fraction of sp³-hybridized carbons (Fsp3) is 1.00. The molecule has 2 unspecified atom stereocenters. The van der Waals surface area contributed by atoms with Crippen LogP contribution < -0.4 is 10.6 Å². The van der Waals surface area contributed by atoms with E-state index in [-0.39, 0.29) is 0 Å². The minimum absolute atomic E-state index is 0.816. The van der Waals surface area contributed by atoms with Gasteiger partial charge < -0.3 is 10.6 Å². The second kappa shape index (κ2) is 6.61. The van der Waals surface area contributed by atoms with E-state index in [9.17, 15) is 0 Å². The molecular formula is C14H28N2. The van der Waals surface area contributed by atoms with E-state index < -0.39 is 0 Å². The van der Waals surface area contributed by atoms with Crippen LogP contribution >= 0.6 is 0 Å². The summed E-state index contributed by atoms with van der Waals surface area (Å²) in [4.78, 5) is 0. The Labute approximate surface area is 101 Å². The Bertz CT molecular complexity index is 183. The SMILES string of the molecule is CC(CNCCCC1CCCCN1)C1CC1. The van der Waals surface area contributed by atoms with Gasteiger partial charge >= 0.3 is 0 Å². The molecule has 0 spiro atoms. The Balaban J connectivity index is 1.42. The van der Waals surface area contributed by atoms with Gasteiger partial charge in [-0.3, -0.25) is 0 Å². The van der Waals surface area contributed by atoms with Crippen LogP contribution in [0.15, 0.2) is 0 Å². The van der Waals surface area contributed by atoms with E-state index in [2.05, 4.69) is 17.6 Å². The quantitative estimate of drug-likeness (QED) is 0.649. The van der Waals surface area contributed by atoms with E-state index in [4.69, 9.17) is 0 Å². The van der Waals surface area contributed by atoms with Crippen molar-refractivity contribution in [3.05, 3.63) is 0 Å². The van der Waals surface area contributed by atoms with Gasteiger partial charge in [-0.1, -0.05) is 13.3 Å². The van der Waals surface area contributed by atoms with Crippen molar-refractivity contribution in [2.24, 2.45) is 11.8 Å². The van der Waals surface area contributed by atoms with Crippen LogP contribution in [-0.4, -0.2) is 25.7 Å². The van der Waals surface area contributed by atoms with Gasteiger partial charge in [0.2, 0.25) is 0 Å². The summed E-state index contributed by atoms with van der Waals surface area (Å²) in [6.45, 7) is 6.10. The lowest BCUT2D eigenvalue weighted by Crippen LogP contribution is -2.34. The lowest BCUT2D eigenvalue weighted by Gasteiger charge is -2.23. The molecule has 16 heavy (non-hydrogen) atoms. The van der Waals surface area contributed by atoms with Gasteiger partial charge in [-0.25, -0.2) is 0 Å². The van der Waals surface area contributed by atoms with Crippen LogP contribution in [0.5, 0.6) is 0 Å². The molecule has 0 amide bonds. The van der Waals surface area contributed by atoms with Gasteiger partial charge in [0.1, 0.15) is 0 Å². The maximum absolute atomic E-state index is 3.62. The molecule has 2 nitrogen and oxygen atoms in total. The molecule has 0 aromatic heterocycles. The fourth-order valence-electron chi connectivity index (χ4n) is 2.81. The monoisotopic (exact) mass is 224 g/mol. The van der Waals surface area contributed by atoms with Gasteiger partial charge in [0.25, 0.3) is 0 Å². The van der Waals surface area contributed by atoms with E-state index in [0.717, 1.165) is 17.9 Å². The molecule has 1 aliphatic heterocycles. The van der Waals surface area contributed by atoms with Gasteiger partial charge in [0.15, 0.2) is 0 Å². The zero-order chi connectivity index (χ0) is 11.2. The van der Waals surface area contributed by atoms with E-state index in [1.807, 2.05) is 0 Å². The highest BCUT2D eigenvalue weighted by atomic mass is 14.9. The zero-order valence-electron chi connectivity index (χ0n) is 10.8. The minimum atomic E-state index is 0.816. The summed E-state index contributed by atoms with van der Waals surface area (Å²) in [6, 6.07) is 0.816. The van der Waals surface area contributed by atoms with Crippen LogP contribution in [0, 0.1) is 11.8 Å². The number of hydrogen-bond donors (Lipinski definition) is 2. The molecular weight excluding hydrogens is 196 g/mol. The van der Waals surface area contributed by atoms with Gasteiger partial charge in [0.05, 0.1) is 0 Å². The zero-order valence-corrected chi connectivity index (χ0v) is 10.8. The van der Waals surface area contributed by atoms with Crippen molar-refractivity contribution < 1.29 is 0 Å². The van der Waals surface area contributed by atoms with Crippen molar-refractivity contribution >= 4 is 0 Å². The molecule has 1 heterocycles. The number of rotatable bonds is 7. The predicted octanol–water partition coefficient (Wildman–Crippen LogP) is 2.54. The summed E-state index contributed by atoms with van der Waals surface area (Å²) in [6.07, 6.45) is 9.89. The Kier molecular flexibility index (Phi) is 5.11. The summed E-state index contributed by atoms with van der Waals surface area (Å²) in [5, 5.41) is 7.24. The third-order valence-electron chi connectivity index (χ3n) is 4.21. The molecule has 1 aliphatic carbocycles. The molecule has 2 N–H and O–H groups in total. The summed E-state index contributed by atoms with van der Waals surface area (Å²) in [7, 11) is 0. The molecule has 2 rings (SSSR count). The number of nitrogens with one attached hydrogen (secondary N) is 2. The van der Waals surface area contributed by atoms with Crippen LogP contribution in [0.1, 0.15) is 51.9 Å². The second-order valence-corrected chi connectivity index (χ2v) is 5.81.